The minimum absolute atomic E-state index is 0.0937. The molecule has 18 heavy (non-hydrogen) atoms. The van der Waals surface area contributed by atoms with E-state index in [9.17, 15) is 4.79 Å². The van der Waals surface area contributed by atoms with Gasteiger partial charge >= 0.3 is 5.97 Å². The highest BCUT2D eigenvalue weighted by Crippen LogP contribution is 2.42. The van der Waals surface area contributed by atoms with Crippen molar-refractivity contribution in [3.63, 3.8) is 0 Å². The van der Waals surface area contributed by atoms with Crippen LogP contribution in [-0.2, 0) is 4.79 Å². The first kappa shape index (κ1) is 14.6. The molecule has 0 fully saturated rings. The number of halogens is 3. The minimum Gasteiger partial charge on any atom is -0.423 e. The van der Waals surface area contributed by atoms with Crippen LogP contribution < -0.4 is 4.74 Å². The molecule has 0 atom stereocenters. The van der Waals surface area contributed by atoms with Crippen LogP contribution in [0.25, 0.3) is 0 Å². The summed E-state index contributed by atoms with van der Waals surface area (Å²) < 4.78 is 4.91. The summed E-state index contributed by atoms with van der Waals surface area (Å²) in [4.78, 5) is 11.2. The van der Waals surface area contributed by atoms with Crippen LogP contribution in [0.5, 0.6) is 5.75 Å². The van der Waals surface area contributed by atoms with Gasteiger partial charge in [0.25, 0.3) is 0 Å². The molecule has 0 aliphatic rings. The Morgan fingerprint density at radius 1 is 1.11 bits per heavy atom. The Bertz CT molecular complexity index is 600. The van der Waals surface area contributed by atoms with Crippen LogP contribution in [0.2, 0.25) is 15.1 Å². The third-order valence-electron chi connectivity index (χ3n) is 2.01. The third kappa shape index (κ3) is 2.52. The van der Waals surface area contributed by atoms with Crippen LogP contribution in [-0.4, -0.2) is 5.97 Å². The average Bonchev–Trinajstić information content (AvgIpc) is 2.36. The van der Waals surface area contributed by atoms with Gasteiger partial charge in [-0.25, -0.2) is 0 Å². The summed E-state index contributed by atoms with van der Waals surface area (Å²) in [5, 5.41) is 17.3. The van der Waals surface area contributed by atoms with E-state index in [1.807, 2.05) is 0 Å². The summed E-state index contributed by atoms with van der Waals surface area (Å²) in [6.45, 7) is 1.58. The minimum atomic E-state index is -0.592. The lowest BCUT2D eigenvalue weighted by Gasteiger charge is -2.11. The first-order valence-electron chi connectivity index (χ1n) is 4.69. The Kier molecular flexibility index (Phi) is 4.81. The molecule has 0 aliphatic heterocycles. The van der Waals surface area contributed by atoms with Gasteiger partial charge in [0, 0.05) is 6.42 Å². The second-order valence-corrected chi connectivity index (χ2v) is 4.21. The Morgan fingerprint density at radius 2 is 1.67 bits per heavy atom. The van der Waals surface area contributed by atoms with E-state index in [1.165, 1.54) is 0 Å². The summed E-state index contributed by atoms with van der Waals surface area (Å²) in [7, 11) is 0. The predicted octanol–water partition coefficient (Wildman–Crippen LogP) is 3.71. The largest absolute Gasteiger partial charge is 0.423 e. The molecule has 0 saturated carbocycles. The molecule has 0 unspecified atom stereocenters. The van der Waals surface area contributed by atoms with Crippen molar-refractivity contribution in [1.82, 2.24) is 0 Å². The van der Waals surface area contributed by atoms with Gasteiger partial charge < -0.3 is 4.74 Å². The molecule has 1 aromatic rings. The van der Waals surface area contributed by atoms with Crippen LogP contribution >= 0.6 is 34.8 Å². The van der Waals surface area contributed by atoms with E-state index in [4.69, 9.17) is 50.1 Å². The highest BCUT2D eigenvalue weighted by Gasteiger charge is 2.23. The van der Waals surface area contributed by atoms with Gasteiger partial charge in [0.2, 0.25) is 0 Å². The molecule has 1 aromatic carbocycles. The second-order valence-electron chi connectivity index (χ2n) is 3.07. The van der Waals surface area contributed by atoms with Gasteiger partial charge in [0.1, 0.15) is 22.7 Å². The fourth-order valence-corrected chi connectivity index (χ4v) is 1.88. The second kappa shape index (κ2) is 5.93. The van der Waals surface area contributed by atoms with E-state index >= 15 is 0 Å². The highest BCUT2D eigenvalue weighted by atomic mass is 35.5. The Morgan fingerprint density at radius 3 is 2.11 bits per heavy atom. The van der Waals surface area contributed by atoms with Gasteiger partial charge in [-0.05, 0) is 0 Å². The molecule has 0 amide bonds. The van der Waals surface area contributed by atoms with E-state index in [-0.39, 0.29) is 38.4 Å². The van der Waals surface area contributed by atoms with E-state index < -0.39 is 5.97 Å². The first-order valence-corrected chi connectivity index (χ1v) is 5.82. The first-order chi connectivity index (χ1) is 8.47. The molecule has 0 saturated heterocycles. The molecule has 4 nitrogen and oxygen atoms in total. The summed E-state index contributed by atoms with van der Waals surface area (Å²) in [6.07, 6.45) is 0.0937. The standard InChI is InChI=1S/C11H5Cl3N2O2/c1-2-7(17)18-11-6(4-16)8(12)5(3-15)9(13)10(11)14/h2H2,1H3. The normalized spacial score (nSPS) is 9.44. The number of esters is 1. The summed E-state index contributed by atoms with van der Waals surface area (Å²) in [5.41, 5.74) is -0.319. The fraction of sp³-hybridized carbons (Fsp3) is 0.182. The zero-order chi connectivity index (χ0) is 13.9. The molecule has 0 aromatic heterocycles. The fourth-order valence-electron chi connectivity index (χ4n) is 1.12. The number of carbonyl (C=O) groups is 1. The molecule has 0 spiro atoms. The van der Waals surface area contributed by atoms with E-state index in [0.29, 0.717) is 0 Å². The van der Waals surface area contributed by atoms with Crippen LogP contribution in [0.3, 0.4) is 0 Å². The van der Waals surface area contributed by atoms with Crippen molar-refractivity contribution in [2.24, 2.45) is 0 Å². The Balaban J connectivity index is 3.58. The summed E-state index contributed by atoms with van der Waals surface area (Å²) >= 11 is 17.5. The number of carbonyl (C=O) groups excluding carboxylic acids is 1. The summed E-state index contributed by atoms with van der Waals surface area (Å²) in [5.74, 6) is -0.815. The van der Waals surface area contributed by atoms with Gasteiger partial charge in [-0.15, -0.1) is 0 Å². The highest BCUT2D eigenvalue weighted by molar-refractivity contribution is 6.46. The van der Waals surface area contributed by atoms with E-state index in [0.717, 1.165) is 0 Å². The van der Waals surface area contributed by atoms with Crippen molar-refractivity contribution in [3.8, 4) is 17.9 Å². The number of nitriles is 2. The van der Waals surface area contributed by atoms with Gasteiger partial charge in [-0.1, -0.05) is 41.7 Å². The van der Waals surface area contributed by atoms with Gasteiger partial charge in [-0.3, -0.25) is 4.79 Å². The molecule has 0 radical (unpaired) electrons. The maximum absolute atomic E-state index is 11.2. The zero-order valence-electron chi connectivity index (χ0n) is 9.05. The lowest BCUT2D eigenvalue weighted by atomic mass is 10.1. The average molecular weight is 304 g/mol. The maximum Gasteiger partial charge on any atom is 0.310 e. The maximum atomic E-state index is 11.2. The zero-order valence-corrected chi connectivity index (χ0v) is 11.3. The number of nitrogens with zero attached hydrogens (tertiary/aromatic N) is 2. The lowest BCUT2D eigenvalue weighted by molar-refractivity contribution is -0.134. The SMILES string of the molecule is CCC(=O)Oc1c(Cl)c(Cl)c(C#N)c(Cl)c1C#N. The molecule has 0 N–H and O–H groups in total. The molecule has 92 valence electrons. The number of hydrogen-bond donors (Lipinski definition) is 0. The van der Waals surface area contributed by atoms with Crippen LogP contribution in [0, 0.1) is 22.7 Å². The molecule has 0 bridgehead atoms. The molecule has 0 aliphatic carbocycles. The van der Waals surface area contributed by atoms with E-state index in [2.05, 4.69) is 0 Å². The molecule has 0 heterocycles. The quantitative estimate of drug-likeness (QED) is 0.474. The topological polar surface area (TPSA) is 73.9 Å². The monoisotopic (exact) mass is 302 g/mol. The third-order valence-corrected chi connectivity index (χ3v) is 3.22. The van der Waals surface area contributed by atoms with Crippen LogP contribution in [0.4, 0.5) is 0 Å². The van der Waals surface area contributed by atoms with Crippen molar-refractivity contribution >= 4 is 40.8 Å². The number of benzene rings is 1. The van der Waals surface area contributed by atoms with Gasteiger partial charge in [0.15, 0.2) is 5.75 Å². The van der Waals surface area contributed by atoms with E-state index in [1.54, 1.807) is 19.1 Å². The smallest absolute Gasteiger partial charge is 0.310 e. The van der Waals surface area contributed by atoms with Crippen LogP contribution in [0.15, 0.2) is 0 Å². The lowest BCUT2D eigenvalue weighted by Crippen LogP contribution is -2.08. The molecule has 1 rings (SSSR count). The molecular formula is C11H5Cl3N2O2. The molecular weight excluding hydrogens is 298 g/mol. The van der Waals surface area contributed by atoms with Crippen molar-refractivity contribution in [2.75, 3.05) is 0 Å². The van der Waals surface area contributed by atoms with Crippen molar-refractivity contribution in [3.05, 3.63) is 26.2 Å². The van der Waals surface area contributed by atoms with Crippen molar-refractivity contribution in [2.45, 2.75) is 13.3 Å². The number of rotatable bonds is 2. The summed E-state index contributed by atoms with van der Waals surface area (Å²) in [6, 6.07) is 3.47. The van der Waals surface area contributed by atoms with Crippen LogP contribution in [0.1, 0.15) is 24.5 Å². The number of hydrogen-bond acceptors (Lipinski definition) is 4. The van der Waals surface area contributed by atoms with Crippen molar-refractivity contribution in [1.29, 1.82) is 10.5 Å². The number of ether oxygens (including phenoxy) is 1. The van der Waals surface area contributed by atoms with Gasteiger partial charge in [0.05, 0.1) is 15.6 Å². The Labute approximate surface area is 118 Å². The molecule has 7 heteroatoms. The Hall–Kier alpha value is -1.46. The van der Waals surface area contributed by atoms with Crippen molar-refractivity contribution < 1.29 is 9.53 Å². The predicted molar refractivity (Wildman–Crippen MR) is 66.8 cm³/mol. The van der Waals surface area contributed by atoms with Gasteiger partial charge in [-0.2, -0.15) is 10.5 Å².